The van der Waals surface area contributed by atoms with E-state index in [0.717, 1.165) is 21.3 Å². The van der Waals surface area contributed by atoms with Crippen molar-refractivity contribution in [3.05, 3.63) is 70.3 Å². The summed E-state index contributed by atoms with van der Waals surface area (Å²) in [7, 11) is 0. The molecule has 0 spiro atoms. The van der Waals surface area contributed by atoms with Crippen molar-refractivity contribution >= 4 is 47.2 Å². The van der Waals surface area contributed by atoms with E-state index in [1.807, 2.05) is 58.4 Å². The predicted molar refractivity (Wildman–Crippen MR) is 109 cm³/mol. The van der Waals surface area contributed by atoms with Gasteiger partial charge in [0.15, 0.2) is 0 Å². The van der Waals surface area contributed by atoms with Gasteiger partial charge in [-0.05, 0) is 0 Å². The van der Waals surface area contributed by atoms with Crippen molar-refractivity contribution in [3.8, 4) is 17.1 Å². The van der Waals surface area contributed by atoms with Crippen molar-refractivity contribution in [2.75, 3.05) is 0 Å². The predicted octanol–water partition coefficient (Wildman–Crippen LogP) is 5.00. The van der Waals surface area contributed by atoms with Crippen LogP contribution in [-0.4, -0.2) is 36.5 Å². The van der Waals surface area contributed by atoms with E-state index in [2.05, 4.69) is 31.3 Å². The zero-order valence-corrected chi connectivity index (χ0v) is 19.2. The van der Waals surface area contributed by atoms with Gasteiger partial charge >= 0.3 is 171 Å². The van der Waals surface area contributed by atoms with Gasteiger partial charge in [0.25, 0.3) is 0 Å². The molecular formula is C19H16BrN3O3Sn. The average molecular weight is 533 g/mol. The van der Waals surface area contributed by atoms with Gasteiger partial charge in [-0.2, -0.15) is 0 Å². The van der Waals surface area contributed by atoms with E-state index < -0.39 is 19.2 Å². The summed E-state index contributed by atoms with van der Waals surface area (Å²) >= 11 is 0.0444. The summed E-state index contributed by atoms with van der Waals surface area (Å²) in [5.74, 6) is 1.69. The first-order chi connectivity index (χ1) is 13.0. The van der Waals surface area contributed by atoms with Crippen LogP contribution in [0.1, 0.15) is 11.3 Å². The molecule has 0 aliphatic carbocycles. The zero-order valence-electron chi connectivity index (χ0n) is 14.7. The number of nitrogens with zero attached hydrogens (tertiary/aromatic N) is 3. The Morgan fingerprint density at radius 1 is 0.963 bits per heavy atom. The van der Waals surface area contributed by atoms with Gasteiger partial charge in [-0.15, -0.1) is 0 Å². The Balaban J connectivity index is 1.70. The quantitative estimate of drug-likeness (QED) is 0.436. The third kappa shape index (κ3) is 4.24. The van der Waals surface area contributed by atoms with Crippen molar-refractivity contribution in [3.63, 3.8) is 0 Å². The molecule has 0 radical (unpaired) electrons. The molecule has 0 fully saturated rings. The van der Waals surface area contributed by atoms with Crippen LogP contribution in [0.25, 0.3) is 11.3 Å². The number of hydrogen-bond acceptors (Lipinski definition) is 6. The molecule has 1 aromatic heterocycles. The van der Waals surface area contributed by atoms with Gasteiger partial charge in [0.1, 0.15) is 0 Å². The Hall–Kier alpha value is -2.13. The Kier molecular flexibility index (Phi) is 5.05. The first kappa shape index (κ1) is 18.2. The molecule has 6 nitrogen and oxygen atoms in total. The van der Waals surface area contributed by atoms with Crippen molar-refractivity contribution < 1.29 is 10.7 Å². The SMILES string of the molecule is [CH3][Sn]1([CH3])[O]/C(c2cc(-c3ccccc3)on2)=N\N=C/c2cc(Br)ccc2[O]1. The van der Waals surface area contributed by atoms with Gasteiger partial charge in [-0.3, -0.25) is 0 Å². The van der Waals surface area contributed by atoms with Crippen LogP contribution in [0.5, 0.6) is 5.75 Å². The van der Waals surface area contributed by atoms with E-state index >= 15 is 0 Å². The third-order valence-electron chi connectivity index (χ3n) is 3.80. The monoisotopic (exact) mass is 533 g/mol. The summed E-state index contributed by atoms with van der Waals surface area (Å²) < 4.78 is 18.8. The summed E-state index contributed by atoms with van der Waals surface area (Å²) in [5.41, 5.74) is 2.26. The molecule has 1 aliphatic rings. The molecule has 1 aliphatic heterocycles. The van der Waals surface area contributed by atoms with E-state index in [1.54, 1.807) is 12.3 Å². The summed E-state index contributed by atoms with van der Waals surface area (Å²) in [4.78, 5) is 4.03. The molecular weight excluding hydrogens is 517 g/mol. The second kappa shape index (κ2) is 7.47. The molecule has 0 unspecified atom stereocenters. The molecule has 0 amide bonds. The molecule has 0 bridgehead atoms. The van der Waals surface area contributed by atoms with Crippen LogP contribution in [0.4, 0.5) is 0 Å². The fraction of sp³-hybridized carbons (Fsp3) is 0.105. The number of benzene rings is 2. The first-order valence-electron chi connectivity index (χ1n) is 8.31. The topological polar surface area (TPSA) is 69.2 Å². The summed E-state index contributed by atoms with van der Waals surface area (Å²) in [5, 5.41) is 12.5. The van der Waals surface area contributed by atoms with Gasteiger partial charge in [0, 0.05) is 0 Å². The van der Waals surface area contributed by atoms with Gasteiger partial charge in [0.2, 0.25) is 0 Å². The number of rotatable bonds is 2. The van der Waals surface area contributed by atoms with E-state index in [-0.39, 0.29) is 0 Å². The van der Waals surface area contributed by atoms with Crippen molar-refractivity contribution in [2.24, 2.45) is 10.2 Å². The normalized spacial score (nSPS) is 18.6. The summed E-state index contributed by atoms with van der Waals surface area (Å²) in [6.45, 7) is 0. The minimum absolute atomic E-state index is 0.310. The van der Waals surface area contributed by atoms with E-state index in [9.17, 15) is 0 Å². The van der Waals surface area contributed by atoms with Crippen molar-refractivity contribution in [1.29, 1.82) is 0 Å². The minimum atomic E-state index is -3.42. The Morgan fingerprint density at radius 2 is 1.78 bits per heavy atom. The number of hydrogen-bond donors (Lipinski definition) is 0. The number of halogens is 1. The summed E-state index contributed by atoms with van der Waals surface area (Å²) in [6.07, 6.45) is 1.65. The molecule has 3 aromatic rings. The van der Waals surface area contributed by atoms with Gasteiger partial charge in [-0.25, -0.2) is 0 Å². The van der Waals surface area contributed by atoms with Crippen LogP contribution in [-0.2, 0) is 3.07 Å². The van der Waals surface area contributed by atoms with Crippen LogP contribution < -0.4 is 3.07 Å². The number of fused-ring (bicyclic) bond motifs is 1. The fourth-order valence-electron chi connectivity index (χ4n) is 2.61. The van der Waals surface area contributed by atoms with Gasteiger partial charge in [0.05, 0.1) is 0 Å². The third-order valence-corrected chi connectivity index (χ3v) is 8.28. The molecule has 0 atom stereocenters. The van der Waals surface area contributed by atoms with E-state index in [4.69, 9.17) is 10.7 Å². The molecule has 2 heterocycles. The molecule has 2 aromatic carbocycles. The molecule has 4 rings (SSSR count). The average Bonchev–Trinajstić information content (AvgIpc) is 3.14. The second-order valence-corrected chi connectivity index (χ2v) is 16.4. The Labute approximate surface area is 170 Å². The van der Waals surface area contributed by atoms with Crippen LogP contribution in [0.3, 0.4) is 0 Å². The second-order valence-electron chi connectivity index (χ2n) is 6.38. The van der Waals surface area contributed by atoms with Gasteiger partial charge < -0.3 is 0 Å². The Morgan fingerprint density at radius 3 is 2.59 bits per heavy atom. The summed E-state index contributed by atoms with van der Waals surface area (Å²) in [6, 6.07) is 17.3. The molecule has 136 valence electrons. The standard InChI is InChI=1S/C17H12BrN3O3.2CH3.Sn/c18-13-6-7-15(22)12(8-13)10-19-20-17(23)14-9-16(24-21-14)11-4-2-1-3-5-11;;;/h1-10,22H,(H,20,23);2*1H3;/q;;;+2/p-2/b19-10-;;;. The zero-order chi connectivity index (χ0) is 18.9. The molecule has 0 saturated heterocycles. The van der Waals surface area contributed by atoms with E-state index in [0.29, 0.717) is 17.4 Å². The molecule has 0 saturated carbocycles. The number of aromatic nitrogens is 1. The molecule has 8 heteroatoms. The van der Waals surface area contributed by atoms with Crippen molar-refractivity contribution in [1.82, 2.24) is 5.16 Å². The van der Waals surface area contributed by atoms with Crippen LogP contribution in [0.2, 0.25) is 9.88 Å². The van der Waals surface area contributed by atoms with Gasteiger partial charge in [-0.1, -0.05) is 0 Å². The maximum atomic E-state index is 6.24. The van der Waals surface area contributed by atoms with Crippen LogP contribution in [0, 0.1) is 0 Å². The maximum absolute atomic E-state index is 6.24. The van der Waals surface area contributed by atoms with Crippen LogP contribution >= 0.6 is 15.9 Å². The van der Waals surface area contributed by atoms with Crippen LogP contribution in [0.15, 0.2) is 73.8 Å². The fourth-order valence-corrected chi connectivity index (χ4v) is 6.90. The molecule has 27 heavy (non-hydrogen) atoms. The molecule has 0 N–H and O–H groups in total. The Bertz CT molecular complexity index is 1030. The van der Waals surface area contributed by atoms with Crippen molar-refractivity contribution in [2.45, 2.75) is 9.88 Å². The first-order valence-corrected chi connectivity index (χ1v) is 17.1. The van der Waals surface area contributed by atoms with E-state index in [1.165, 1.54) is 0 Å².